The van der Waals surface area contributed by atoms with Crippen LogP contribution in [0.2, 0.25) is 0 Å². The summed E-state index contributed by atoms with van der Waals surface area (Å²) in [5.41, 5.74) is 7.79. The third-order valence-corrected chi connectivity index (χ3v) is 6.75. The Balaban J connectivity index is 2.32. The quantitative estimate of drug-likeness (QED) is 0.576. The summed E-state index contributed by atoms with van der Waals surface area (Å²) < 4.78 is 42.2. The van der Waals surface area contributed by atoms with Gasteiger partial charge in [0, 0.05) is 31.9 Å². The Bertz CT molecular complexity index is 1300. The molecule has 1 aromatic carbocycles. The summed E-state index contributed by atoms with van der Waals surface area (Å²) in [6.45, 7) is 1.69. The summed E-state index contributed by atoms with van der Waals surface area (Å²) in [6, 6.07) is 9.21. The third kappa shape index (κ3) is 4.22. The van der Waals surface area contributed by atoms with Crippen molar-refractivity contribution in [2.24, 2.45) is 5.73 Å². The summed E-state index contributed by atoms with van der Waals surface area (Å²) in [5, 5.41) is 9.37. The maximum Gasteiger partial charge on any atom is 0.354 e. The molecule has 3 rings (SSSR count). The smallest absolute Gasteiger partial charge is 0.354 e. The Morgan fingerprint density at radius 3 is 2.61 bits per heavy atom. The fraction of sp³-hybridized carbons (Fsp3) is 0.238. The average molecular weight is 447 g/mol. The molecule has 8 nitrogen and oxygen atoms in total. The molecule has 0 unspecified atom stereocenters. The van der Waals surface area contributed by atoms with Crippen LogP contribution in [0.5, 0.6) is 0 Å². The van der Waals surface area contributed by atoms with Crippen molar-refractivity contribution in [1.82, 2.24) is 13.9 Å². The standard InChI is InChI=1S/C21H23FN4O4S/c1-13-19(14-5-4-6-16(11-14)31(29,30)25(2)3)20-18(8-7-17(24-20)21(27)28)26(13)12-15(22)9-10-23/h4-9,11H,10,12,23H2,1-3H3,(H,27,28)/b15-9-. The van der Waals surface area contributed by atoms with Gasteiger partial charge >= 0.3 is 5.97 Å². The third-order valence-electron chi connectivity index (χ3n) is 4.94. The van der Waals surface area contributed by atoms with Crippen LogP contribution in [0.15, 0.2) is 53.2 Å². The van der Waals surface area contributed by atoms with Crippen molar-refractivity contribution in [2.75, 3.05) is 20.6 Å². The molecule has 0 aliphatic heterocycles. The van der Waals surface area contributed by atoms with Gasteiger partial charge in [-0.25, -0.2) is 26.9 Å². The highest BCUT2D eigenvalue weighted by atomic mass is 32.2. The minimum Gasteiger partial charge on any atom is -0.477 e. The van der Waals surface area contributed by atoms with E-state index in [0.29, 0.717) is 27.9 Å². The van der Waals surface area contributed by atoms with E-state index in [0.717, 1.165) is 4.31 Å². The lowest BCUT2D eigenvalue weighted by atomic mass is 10.0. The fourth-order valence-corrected chi connectivity index (χ4v) is 4.32. The average Bonchev–Trinajstić information content (AvgIpc) is 2.99. The first-order valence-electron chi connectivity index (χ1n) is 9.38. The Kier molecular flexibility index (Phi) is 6.25. The van der Waals surface area contributed by atoms with Gasteiger partial charge in [-0.3, -0.25) is 0 Å². The molecular weight excluding hydrogens is 423 g/mol. The van der Waals surface area contributed by atoms with Crippen LogP contribution in [-0.4, -0.2) is 54.0 Å². The number of nitrogens with zero attached hydrogens (tertiary/aromatic N) is 3. The van der Waals surface area contributed by atoms with Gasteiger partial charge in [-0.05, 0) is 42.8 Å². The van der Waals surface area contributed by atoms with Crippen molar-refractivity contribution in [3.63, 3.8) is 0 Å². The molecule has 164 valence electrons. The lowest BCUT2D eigenvalue weighted by Gasteiger charge is -2.12. The van der Waals surface area contributed by atoms with Crippen LogP contribution in [0, 0.1) is 6.92 Å². The Morgan fingerprint density at radius 2 is 2.00 bits per heavy atom. The zero-order chi connectivity index (χ0) is 22.9. The van der Waals surface area contributed by atoms with E-state index in [-0.39, 0.29) is 23.7 Å². The van der Waals surface area contributed by atoms with E-state index in [2.05, 4.69) is 4.98 Å². The second-order valence-electron chi connectivity index (χ2n) is 7.12. The number of hydrogen-bond acceptors (Lipinski definition) is 5. The largest absolute Gasteiger partial charge is 0.477 e. The van der Waals surface area contributed by atoms with Gasteiger partial charge in [0.05, 0.1) is 22.5 Å². The molecule has 0 fully saturated rings. The first kappa shape index (κ1) is 22.6. The molecule has 0 amide bonds. The molecule has 0 aliphatic carbocycles. The zero-order valence-electron chi connectivity index (χ0n) is 17.3. The maximum atomic E-state index is 14.3. The Hall–Kier alpha value is -3.08. The van der Waals surface area contributed by atoms with Gasteiger partial charge < -0.3 is 15.4 Å². The highest BCUT2D eigenvalue weighted by Crippen LogP contribution is 2.35. The van der Waals surface area contributed by atoms with Crippen LogP contribution in [0.25, 0.3) is 22.2 Å². The number of fused-ring (bicyclic) bond motifs is 1. The molecule has 10 heteroatoms. The van der Waals surface area contributed by atoms with Crippen molar-refractivity contribution in [1.29, 1.82) is 0 Å². The summed E-state index contributed by atoms with van der Waals surface area (Å²) in [4.78, 5) is 15.8. The summed E-state index contributed by atoms with van der Waals surface area (Å²) in [5.74, 6) is -1.64. The minimum atomic E-state index is -3.69. The molecule has 0 spiro atoms. The fourth-order valence-electron chi connectivity index (χ4n) is 3.38. The second-order valence-corrected chi connectivity index (χ2v) is 9.27. The summed E-state index contributed by atoms with van der Waals surface area (Å²) >= 11 is 0. The highest BCUT2D eigenvalue weighted by Gasteiger charge is 2.22. The van der Waals surface area contributed by atoms with Crippen LogP contribution in [0.1, 0.15) is 16.2 Å². The SMILES string of the molecule is Cc1c(-c2cccc(S(=O)(=O)N(C)C)c2)c2nc(C(=O)O)ccc2n1C/C(F)=C/CN. The number of allylic oxidation sites excluding steroid dienone is 1. The number of pyridine rings is 1. The van der Waals surface area contributed by atoms with Crippen LogP contribution in [-0.2, 0) is 16.6 Å². The number of halogens is 1. The van der Waals surface area contributed by atoms with Crippen molar-refractivity contribution in [2.45, 2.75) is 18.4 Å². The predicted molar refractivity (Wildman–Crippen MR) is 116 cm³/mol. The lowest BCUT2D eigenvalue weighted by Crippen LogP contribution is -2.22. The van der Waals surface area contributed by atoms with E-state index < -0.39 is 21.8 Å². The second kappa shape index (κ2) is 8.58. The van der Waals surface area contributed by atoms with Gasteiger partial charge in [0.15, 0.2) is 0 Å². The zero-order valence-corrected chi connectivity index (χ0v) is 18.1. The number of sulfonamides is 1. The monoisotopic (exact) mass is 446 g/mol. The van der Waals surface area contributed by atoms with E-state index in [1.165, 1.54) is 38.4 Å². The topological polar surface area (TPSA) is 119 Å². The predicted octanol–water partition coefficient (Wildman–Crippen LogP) is 2.77. The number of nitrogens with two attached hydrogens (primary N) is 1. The van der Waals surface area contributed by atoms with Gasteiger partial charge in [0.2, 0.25) is 10.0 Å². The molecule has 0 aliphatic rings. The van der Waals surface area contributed by atoms with Crippen molar-refractivity contribution in [3.05, 3.63) is 59.7 Å². The van der Waals surface area contributed by atoms with Crippen LogP contribution in [0.3, 0.4) is 0 Å². The molecule has 0 radical (unpaired) electrons. The lowest BCUT2D eigenvalue weighted by molar-refractivity contribution is 0.0691. The molecule has 0 atom stereocenters. The number of carbonyl (C=O) groups is 1. The Labute approximate surface area is 179 Å². The molecule has 31 heavy (non-hydrogen) atoms. The molecule has 0 saturated heterocycles. The number of carboxylic acid groups (broad SMARTS) is 1. The normalized spacial score (nSPS) is 12.6. The number of aromatic nitrogens is 2. The first-order chi connectivity index (χ1) is 14.6. The molecule has 0 bridgehead atoms. The van der Waals surface area contributed by atoms with Gasteiger partial charge in [-0.1, -0.05) is 12.1 Å². The number of aromatic carboxylic acids is 1. The highest BCUT2D eigenvalue weighted by molar-refractivity contribution is 7.89. The van der Waals surface area contributed by atoms with Crippen molar-refractivity contribution in [3.8, 4) is 11.1 Å². The van der Waals surface area contributed by atoms with Crippen molar-refractivity contribution < 1.29 is 22.7 Å². The number of hydrogen-bond donors (Lipinski definition) is 2. The number of rotatable bonds is 7. The molecule has 0 saturated carbocycles. The summed E-state index contributed by atoms with van der Waals surface area (Å²) in [7, 11) is -0.812. The van der Waals surface area contributed by atoms with Crippen LogP contribution < -0.4 is 5.73 Å². The van der Waals surface area contributed by atoms with E-state index in [1.54, 1.807) is 29.7 Å². The molecular formula is C21H23FN4O4S. The number of benzene rings is 1. The van der Waals surface area contributed by atoms with Gasteiger partial charge in [-0.15, -0.1) is 0 Å². The first-order valence-corrected chi connectivity index (χ1v) is 10.8. The molecule has 3 aromatic rings. The molecule has 2 heterocycles. The van der Waals surface area contributed by atoms with Crippen LogP contribution in [0.4, 0.5) is 4.39 Å². The molecule has 3 N–H and O–H groups in total. The maximum absolute atomic E-state index is 14.3. The summed E-state index contributed by atoms with van der Waals surface area (Å²) in [6.07, 6.45) is 1.26. The van der Waals surface area contributed by atoms with Crippen molar-refractivity contribution >= 4 is 27.0 Å². The van der Waals surface area contributed by atoms with Gasteiger partial charge in [-0.2, -0.15) is 0 Å². The Morgan fingerprint density at radius 1 is 1.29 bits per heavy atom. The van der Waals surface area contributed by atoms with E-state index in [9.17, 15) is 22.7 Å². The van der Waals surface area contributed by atoms with Gasteiger partial charge in [0.1, 0.15) is 11.5 Å². The van der Waals surface area contributed by atoms with E-state index in [1.807, 2.05) is 0 Å². The minimum absolute atomic E-state index is 0.0444. The van der Waals surface area contributed by atoms with E-state index >= 15 is 0 Å². The van der Waals surface area contributed by atoms with E-state index in [4.69, 9.17) is 5.73 Å². The molecule has 2 aromatic heterocycles. The van der Waals surface area contributed by atoms with Crippen LogP contribution >= 0.6 is 0 Å². The van der Waals surface area contributed by atoms with Gasteiger partial charge in [0.25, 0.3) is 0 Å². The number of carboxylic acids is 1.